The molecule has 0 aliphatic carbocycles. The molecule has 0 saturated carbocycles. The quantitative estimate of drug-likeness (QED) is 0.267. The van der Waals surface area contributed by atoms with E-state index in [1.807, 2.05) is 13.1 Å². The molecule has 6 nitrogen and oxygen atoms in total. The smallest absolute Gasteiger partial charge is 0.193 e. The van der Waals surface area contributed by atoms with E-state index in [0.717, 1.165) is 62.6 Å². The second kappa shape index (κ2) is 15.7. The van der Waals surface area contributed by atoms with Gasteiger partial charge in [-0.05, 0) is 44.3 Å². The minimum Gasteiger partial charge on any atom is -0.492 e. The predicted octanol–water partition coefficient (Wildman–Crippen LogP) is 3.85. The van der Waals surface area contributed by atoms with Crippen LogP contribution < -0.4 is 10.1 Å². The molecule has 1 aliphatic rings. The van der Waals surface area contributed by atoms with Crippen molar-refractivity contribution >= 4 is 29.9 Å². The molecule has 1 saturated heterocycles. The minimum absolute atomic E-state index is 0. The van der Waals surface area contributed by atoms with Gasteiger partial charge in [-0.1, -0.05) is 32.0 Å². The zero-order valence-corrected chi connectivity index (χ0v) is 21.6. The number of hydrogen-bond donors (Lipinski definition) is 1. The number of rotatable bonds is 11. The number of para-hydroxylation sites is 1. The summed E-state index contributed by atoms with van der Waals surface area (Å²) < 4.78 is 11.5. The van der Waals surface area contributed by atoms with E-state index in [1.54, 1.807) is 0 Å². The van der Waals surface area contributed by atoms with Gasteiger partial charge in [-0.25, -0.2) is 0 Å². The summed E-state index contributed by atoms with van der Waals surface area (Å²) in [5.74, 6) is 2.65. The monoisotopic (exact) mass is 532 g/mol. The second-order valence-electron chi connectivity index (χ2n) is 7.65. The lowest BCUT2D eigenvalue weighted by Gasteiger charge is -2.27. The third kappa shape index (κ3) is 9.39. The first-order valence-corrected chi connectivity index (χ1v) is 11.1. The van der Waals surface area contributed by atoms with Gasteiger partial charge in [0.1, 0.15) is 12.4 Å². The summed E-state index contributed by atoms with van der Waals surface area (Å²) in [5, 5.41) is 3.50. The predicted molar refractivity (Wildman–Crippen MR) is 136 cm³/mol. The molecular formula is C23H41IN4O2. The van der Waals surface area contributed by atoms with Crippen LogP contribution in [0.5, 0.6) is 5.75 Å². The highest BCUT2D eigenvalue weighted by molar-refractivity contribution is 14.0. The number of hydrogen-bond acceptors (Lipinski definition) is 4. The van der Waals surface area contributed by atoms with Gasteiger partial charge >= 0.3 is 0 Å². The Balaban J connectivity index is 0.00000450. The number of likely N-dealkylation sites (N-methyl/N-ethyl adjacent to an activating group) is 1. The Hall–Kier alpha value is -1.06. The van der Waals surface area contributed by atoms with Gasteiger partial charge in [0.15, 0.2) is 5.96 Å². The molecule has 2 rings (SSSR count). The Bertz CT molecular complexity index is 605. The van der Waals surface area contributed by atoms with E-state index < -0.39 is 0 Å². The van der Waals surface area contributed by atoms with Gasteiger partial charge in [0.2, 0.25) is 0 Å². The molecule has 1 aromatic carbocycles. The largest absolute Gasteiger partial charge is 0.492 e. The van der Waals surface area contributed by atoms with Gasteiger partial charge in [-0.3, -0.25) is 4.99 Å². The molecule has 0 aromatic heterocycles. The average Bonchev–Trinajstić information content (AvgIpc) is 2.77. The summed E-state index contributed by atoms with van der Waals surface area (Å²) in [6, 6.07) is 8.27. The van der Waals surface area contributed by atoms with Crippen molar-refractivity contribution in [2.45, 2.75) is 39.7 Å². The Morgan fingerprint density at radius 2 is 1.87 bits per heavy atom. The first kappa shape index (κ1) is 27.0. The molecule has 0 spiro atoms. The van der Waals surface area contributed by atoms with E-state index in [4.69, 9.17) is 9.47 Å². The lowest BCUT2D eigenvalue weighted by atomic mass is 9.96. The highest BCUT2D eigenvalue weighted by atomic mass is 127. The Morgan fingerprint density at radius 3 is 2.53 bits per heavy atom. The summed E-state index contributed by atoms with van der Waals surface area (Å²) >= 11 is 0. The van der Waals surface area contributed by atoms with Crippen LogP contribution in [0.4, 0.5) is 0 Å². The Kier molecular flexibility index (Phi) is 14.1. The van der Waals surface area contributed by atoms with E-state index in [0.29, 0.717) is 13.2 Å². The standard InChI is InChI=1S/C23H40N4O2.HI/c1-5-27(6-2)15-18-29-22-10-8-7-9-21(22)19-25-23(24-3)26(4)14-11-20-12-16-28-17-13-20;/h7-10,20H,5-6,11-19H2,1-4H3,(H,24,25);1H. The van der Waals surface area contributed by atoms with Gasteiger partial charge in [-0.15, -0.1) is 24.0 Å². The fourth-order valence-corrected chi connectivity index (χ4v) is 3.69. The van der Waals surface area contributed by atoms with Crippen LogP contribution in [0.3, 0.4) is 0 Å². The molecule has 1 aromatic rings. The maximum absolute atomic E-state index is 6.08. The summed E-state index contributed by atoms with van der Waals surface area (Å²) in [6.45, 7) is 11.7. The van der Waals surface area contributed by atoms with Crippen LogP contribution in [-0.4, -0.2) is 75.9 Å². The fraction of sp³-hybridized carbons (Fsp3) is 0.696. The molecule has 172 valence electrons. The molecule has 0 bridgehead atoms. The van der Waals surface area contributed by atoms with Crippen molar-refractivity contribution in [1.29, 1.82) is 0 Å². The summed E-state index contributed by atoms with van der Waals surface area (Å²) in [5.41, 5.74) is 1.16. The minimum atomic E-state index is 0. The number of nitrogens with zero attached hydrogens (tertiary/aromatic N) is 3. The summed E-state index contributed by atoms with van der Waals surface area (Å²) in [7, 11) is 3.96. The van der Waals surface area contributed by atoms with Crippen molar-refractivity contribution in [3.05, 3.63) is 29.8 Å². The maximum atomic E-state index is 6.08. The number of benzene rings is 1. The van der Waals surface area contributed by atoms with Crippen molar-refractivity contribution in [1.82, 2.24) is 15.1 Å². The Morgan fingerprint density at radius 1 is 1.17 bits per heavy atom. The molecule has 1 aliphatic heterocycles. The average molecular weight is 533 g/mol. The molecule has 0 radical (unpaired) electrons. The van der Waals surface area contributed by atoms with Crippen LogP contribution >= 0.6 is 24.0 Å². The van der Waals surface area contributed by atoms with E-state index >= 15 is 0 Å². The highest BCUT2D eigenvalue weighted by Crippen LogP contribution is 2.19. The molecule has 0 amide bonds. The molecule has 1 N–H and O–H groups in total. The number of aliphatic imine (C=N–C) groups is 1. The number of halogens is 1. The van der Waals surface area contributed by atoms with E-state index in [-0.39, 0.29) is 24.0 Å². The lowest BCUT2D eigenvalue weighted by molar-refractivity contribution is 0.0625. The highest BCUT2D eigenvalue weighted by Gasteiger charge is 2.15. The van der Waals surface area contributed by atoms with Crippen LogP contribution in [0, 0.1) is 5.92 Å². The normalized spacial score (nSPS) is 15.0. The van der Waals surface area contributed by atoms with Crippen LogP contribution in [-0.2, 0) is 11.3 Å². The second-order valence-corrected chi connectivity index (χ2v) is 7.65. The van der Waals surface area contributed by atoms with Crippen LogP contribution in [0.15, 0.2) is 29.3 Å². The third-order valence-corrected chi connectivity index (χ3v) is 5.76. The topological polar surface area (TPSA) is 49.3 Å². The first-order chi connectivity index (χ1) is 14.2. The molecule has 1 heterocycles. The van der Waals surface area contributed by atoms with Crippen molar-refractivity contribution in [2.24, 2.45) is 10.9 Å². The van der Waals surface area contributed by atoms with Crippen molar-refractivity contribution < 1.29 is 9.47 Å². The van der Waals surface area contributed by atoms with Crippen LogP contribution in [0.2, 0.25) is 0 Å². The van der Waals surface area contributed by atoms with Crippen molar-refractivity contribution in [2.75, 3.05) is 60.1 Å². The molecule has 7 heteroatoms. The first-order valence-electron chi connectivity index (χ1n) is 11.1. The van der Waals surface area contributed by atoms with Crippen LogP contribution in [0.1, 0.15) is 38.7 Å². The molecule has 0 unspecified atom stereocenters. The fourth-order valence-electron chi connectivity index (χ4n) is 3.69. The van der Waals surface area contributed by atoms with Gasteiger partial charge in [0.05, 0.1) is 0 Å². The molecule has 1 fully saturated rings. The summed E-state index contributed by atoms with van der Waals surface area (Å²) in [4.78, 5) is 9.06. The van der Waals surface area contributed by atoms with Crippen molar-refractivity contribution in [3.63, 3.8) is 0 Å². The molecule has 30 heavy (non-hydrogen) atoms. The van der Waals surface area contributed by atoms with E-state index in [9.17, 15) is 0 Å². The maximum Gasteiger partial charge on any atom is 0.193 e. The summed E-state index contributed by atoms with van der Waals surface area (Å²) in [6.07, 6.45) is 3.54. The molecular weight excluding hydrogens is 491 g/mol. The number of ether oxygens (including phenoxy) is 2. The zero-order valence-electron chi connectivity index (χ0n) is 19.2. The van der Waals surface area contributed by atoms with Crippen LogP contribution in [0.25, 0.3) is 0 Å². The number of nitrogens with one attached hydrogen (secondary N) is 1. The molecule has 0 atom stereocenters. The van der Waals surface area contributed by atoms with E-state index in [2.05, 4.69) is 59.2 Å². The van der Waals surface area contributed by atoms with Gasteiger partial charge in [-0.2, -0.15) is 0 Å². The van der Waals surface area contributed by atoms with Gasteiger partial charge < -0.3 is 24.6 Å². The van der Waals surface area contributed by atoms with Gasteiger partial charge in [0.25, 0.3) is 0 Å². The van der Waals surface area contributed by atoms with Crippen molar-refractivity contribution in [3.8, 4) is 5.75 Å². The van der Waals surface area contributed by atoms with Gasteiger partial charge in [0, 0.05) is 52.5 Å². The third-order valence-electron chi connectivity index (χ3n) is 5.76. The number of guanidine groups is 1. The lowest BCUT2D eigenvalue weighted by Crippen LogP contribution is -2.39. The Labute approximate surface area is 200 Å². The SMILES string of the molecule is CCN(CC)CCOc1ccccc1CNC(=NC)N(C)CCC1CCOCC1.I. The van der Waals surface area contributed by atoms with E-state index in [1.165, 1.54) is 19.3 Å². The zero-order chi connectivity index (χ0) is 20.9.